The van der Waals surface area contributed by atoms with E-state index >= 15 is 0 Å². The smallest absolute Gasteiger partial charge is 0.411 e. The van der Waals surface area contributed by atoms with Crippen molar-refractivity contribution in [3.8, 4) is 0 Å². The number of carbonyl (C=O) groups excluding carboxylic acids is 1. The maximum absolute atomic E-state index is 12.0. The Morgan fingerprint density at radius 1 is 1.18 bits per heavy atom. The zero-order valence-electron chi connectivity index (χ0n) is 13.4. The summed E-state index contributed by atoms with van der Waals surface area (Å²) in [6, 6.07) is 8.49. The standard InChI is InChI=1S/C18H26N2O2/c1-14-7-9-16(10-8-14)19-18(21)22-13-15-5-4-12-20-11-3-2-6-17(15)20/h7-10,15,17H,2-6,11-13H2,1H3,(H,19,21)/p+1/t15-,17-/m1/s1. The van der Waals surface area contributed by atoms with Gasteiger partial charge >= 0.3 is 6.09 Å². The molecule has 0 aromatic heterocycles. The van der Waals surface area contributed by atoms with Crippen LogP contribution in [-0.2, 0) is 4.74 Å². The number of fused-ring (bicyclic) bond motifs is 1. The van der Waals surface area contributed by atoms with Crippen LogP contribution in [0.15, 0.2) is 24.3 Å². The van der Waals surface area contributed by atoms with Gasteiger partial charge < -0.3 is 9.64 Å². The van der Waals surface area contributed by atoms with E-state index in [1.807, 2.05) is 31.2 Å². The van der Waals surface area contributed by atoms with Crippen molar-refractivity contribution >= 4 is 11.8 Å². The van der Waals surface area contributed by atoms with Crippen LogP contribution in [0.5, 0.6) is 0 Å². The van der Waals surface area contributed by atoms with Crippen molar-refractivity contribution in [2.24, 2.45) is 5.92 Å². The van der Waals surface area contributed by atoms with Gasteiger partial charge in [-0.05, 0) is 51.2 Å². The van der Waals surface area contributed by atoms with Crippen LogP contribution in [0, 0.1) is 12.8 Å². The summed E-state index contributed by atoms with van der Waals surface area (Å²) in [4.78, 5) is 13.7. The molecule has 2 saturated heterocycles. The van der Waals surface area contributed by atoms with Crippen molar-refractivity contribution in [3.63, 3.8) is 0 Å². The Kier molecular flexibility index (Phi) is 4.98. The zero-order valence-corrected chi connectivity index (χ0v) is 13.4. The minimum Gasteiger partial charge on any atom is -0.449 e. The largest absolute Gasteiger partial charge is 0.449 e. The third-order valence-electron chi connectivity index (χ3n) is 5.16. The number of anilines is 1. The highest BCUT2D eigenvalue weighted by molar-refractivity contribution is 5.84. The number of ether oxygens (including phenoxy) is 1. The summed E-state index contributed by atoms with van der Waals surface area (Å²) in [6.07, 6.45) is 6.12. The van der Waals surface area contributed by atoms with Crippen LogP contribution >= 0.6 is 0 Å². The molecule has 2 aliphatic heterocycles. The summed E-state index contributed by atoms with van der Waals surface area (Å²) >= 11 is 0. The number of carbonyl (C=O) groups is 1. The van der Waals surface area contributed by atoms with Crippen molar-refractivity contribution in [3.05, 3.63) is 29.8 Å². The number of nitrogens with one attached hydrogen (secondary N) is 2. The molecule has 1 unspecified atom stereocenters. The monoisotopic (exact) mass is 303 g/mol. The fraction of sp³-hybridized carbons (Fsp3) is 0.611. The molecule has 1 amide bonds. The predicted molar refractivity (Wildman–Crippen MR) is 87.2 cm³/mol. The number of hydrogen-bond donors (Lipinski definition) is 2. The van der Waals surface area contributed by atoms with Gasteiger partial charge in [0.05, 0.1) is 19.1 Å². The third kappa shape index (κ3) is 3.80. The van der Waals surface area contributed by atoms with Gasteiger partial charge in [0.1, 0.15) is 6.61 Å². The van der Waals surface area contributed by atoms with Gasteiger partial charge in [-0.15, -0.1) is 0 Å². The minimum absolute atomic E-state index is 0.327. The van der Waals surface area contributed by atoms with Crippen LogP contribution in [-0.4, -0.2) is 31.8 Å². The first-order chi connectivity index (χ1) is 10.7. The van der Waals surface area contributed by atoms with Crippen LogP contribution in [0.1, 0.15) is 37.7 Å². The minimum atomic E-state index is -0.327. The molecule has 0 saturated carbocycles. The van der Waals surface area contributed by atoms with Gasteiger partial charge in [-0.1, -0.05) is 17.7 Å². The van der Waals surface area contributed by atoms with Crippen molar-refractivity contribution < 1.29 is 14.4 Å². The molecule has 2 fully saturated rings. The summed E-state index contributed by atoms with van der Waals surface area (Å²) in [5, 5.41) is 2.81. The number of hydrogen-bond acceptors (Lipinski definition) is 2. The molecule has 120 valence electrons. The van der Waals surface area contributed by atoms with E-state index in [-0.39, 0.29) is 6.09 Å². The molecular weight excluding hydrogens is 276 g/mol. The lowest BCUT2D eigenvalue weighted by Gasteiger charge is -2.40. The molecule has 4 nitrogen and oxygen atoms in total. The maximum Gasteiger partial charge on any atom is 0.411 e. The highest BCUT2D eigenvalue weighted by Gasteiger charge is 2.37. The number of piperidine rings is 2. The average Bonchev–Trinajstić information content (AvgIpc) is 2.55. The summed E-state index contributed by atoms with van der Waals surface area (Å²) in [5.41, 5.74) is 1.98. The molecule has 4 heteroatoms. The second-order valence-electron chi connectivity index (χ2n) is 6.75. The van der Waals surface area contributed by atoms with Gasteiger partial charge in [0.2, 0.25) is 0 Å². The fourth-order valence-electron chi connectivity index (χ4n) is 3.95. The number of amides is 1. The van der Waals surface area contributed by atoms with Crippen LogP contribution in [0.2, 0.25) is 0 Å². The van der Waals surface area contributed by atoms with Crippen molar-refractivity contribution in [1.29, 1.82) is 0 Å². The molecule has 0 radical (unpaired) electrons. The van der Waals surface area contributed by atoms with E-state index in [0.29, 0.717) is 18.6 Å². The van der Waals surface area contributed by atoms with Gasteiger partial charge in [-0.2, -0.15) is 0 Å². The molecule has 0 bridgehead atoms. The topological polar surface area (TPSA) is 42.8 Å². The fourth-order valence-corrected chi connectivity index (χ4v) is 3.95. The second-order valence-corrected chi connectivity index (χ2v) is 6.75. The van der Waals surface area contributed by atoms with Gasteiger partial charge in [-0.3, -0.25) is 5.32 Å². The summed E-state index contributed by atoms with van der Waals surface area (Å²) in [6.45, 7) is 5.20. The van der Waals surface area contributed by atoms with E-state index in [1.54, 1.807) is 4.90 Å². The van der Waals surface area contributed by atoms with Gasteiger partial charge in [0.25, 0.3) is 0 Å². The Morgan fingerprint density at radius 3 is 2.77 bits per heavy atom. The normalized spacial score (nSPS) is 27.8. The Labute approximate surface area is 132 Å². The molecule has 0 aliphatic carbocycles. The molecule has 22 heavy (non-hydrogen) atoms. The average molecular weight is 303 g/mol. The van der Waals surface area contributed by atoms with Gasteiger partial charge in [0, 0.05) is 11.6 Å². The first-order valence-electron chi connectivity index (χ1n) is 8.57. The predicted octanol–water partition coefficient (Wildman–Crippen LogP) is 2.39. The van der Waals surface area contributed by atoms with Gasteiger partial charge in [0.15, 0.2) is 0 Å². The number of quaternary nitrogens is 1. The van der Waals surface area contributed by atoms with Crippen molar-refractivity contribution in [2.75, 3.05) is 25.0 Å². The molecule has 1 aromatic carbocycles. The summed E-state index contributed by atoms with van der Waals surface area (Å²) in [7, 11) is 0. The van der Waals surface area contributed by atoms with Crippen molar-refractivity contribution in [1.82, 2.24) is 0 Å². The highest BCUT2D eigenvalue weighted by Crippen LogP contribution is 2.21. The lowest BCUT2D eigenvalue weighted by molar-refractivity contribution is -0.940. The Hall–Kier alpha value is -1.55. The molecule has 2 heterocycles. The second kappa shape index (κ2) is 7.14. The first-order valence-corrected chi connectivity index (χ1v) is 8.57. The first kappa shape index (κ1) is 15.3. The lowest BCUT2D eigenvalue weighted by atomic mass is 9.84. The molecule has 3 atom stereocenters. The van der Waals surface area contributed by atoms with E-state index in [1.165, 1.54) is 50.8 Å². The number of rotatable bonds is 3. The van der Waals surface area contributed by atoms with Crippen LogP contribution in [0.25, 0.3) is 0 Å². The molecule has 2 aliphatic rings. The molecule has 0 spiro atoms. The van der Waals surface area contributed by atoms with Crippen LogP contribution < -0.4 is 10.2 Å². The maximum atomic E-state index is 12.0. The quantitative estimate of drug-likeness (QED) is 0.900. The molecule has 2 N–H and O–H groups in total. The Bertz CT molecular complexity index is 498. The molecule has 1 aromatic rings. The SMILES string of the molecule is Cc1ccc(NC(=O)OC[C@H]2CCC[NH+]3CCCC[C@H]23)cc1. The Morgan fingerprint density at radius 2 is 1.95 bits per heavy atom. The van der Waals surface area contributed by atoms with E-state index in [2.05, 4.69) is 5.32 Å². The molecular formula is C18H27N2O2+. The van der Waals surface area contributed by atoms with E-state index in [4.69, 9.17) is 4.74 Å². The lowest BCUT2D eigenvalue weighted by Crippen LogP contribution is -3.18. The Balaban J connectivity index is 1.48. The number of benzene rings is 1. The van der Waals surface area contributed by atoms with E-state index in [9.17, 15) is 4.79 Å². The van der Waals surface area contributed by atoms with Crippen molar-refractivity contribution in [2.45, 2.75) is 45.1 Å². The highest BCUT2D eigenvalue weighted by atomic mass is 16.5. The van der Waals surface area contributed by atoms with Gasteiger partial charge in [-0.25, -0.2) is 4.79 Å². The summed E-state index contributed by atoms with van der Waals surface area (Å²) < 4.78 is 5.50. The van der Waals surface area contributed by atoms with Crippen LogP contribution in [0.3, 0.4) is 0 Å². The summed E-state index contributed by atoms with van der Waals surface area (Å²) in [5.74, 6) is 0.535. The molecule has 3 rings (SSSR count). The zero-order chi connectivity index (χ0) is 15.4. The van der Waals surface area contributed by atoms with Crippen LogP contribution in [0.4, 0.5) is 10.5 Å². The third-order valence-corrected chi connectivity index (χ3v) is 5.16. The van der Waals surface area contributed by atoms with E-state index < -0.39 is 0 Å². The number of aryl methyl sites for hydroxylation is 1. The van der Waals surface area contributed by atoms with E-state index in [0.717, 1.165) is 5.69 Å².